The van der Waals surface area contributed by atoms with Gasteiger partial charge in [-0.25, -0.2) is 14.0 Å². The molecule has 1 atom stereocenters. The van der Waals surface area contributed by atoms with E-state index in [9.17, 15) is 18.8 Å². The molecule has 0 bridgehead atoms. The minimum atomic E-state index is -0.801. The van der Waals surface area contributed by atoms with Crippen LogP contribution < -0.4 is 11.4 Å². The fraction of sp³-hybridized carbons (Fsp3) is 0.294. The van der Waals surface area contributed by atoms with Gasteiger partial charge in [-0.3, -0.25) is 9.36 Å². The highest BCUT2D eigenvalue weighted by atomic mass is 32.2. The Bertz CT molecular complexity index is 906. The second-order valence-electron chi connectivity index (χ2n) is 5.77. The summed E-state index contributed by atoms with van der Waals surface area (Å²) in [6.07, 6.45) is 0.961. The predicted molar refractivity (Wildman–Crippen MR) is 97.6 cm³/mol. The van der Waals surface area contributed by atoms with Gasteiger partial charge in [0.2, 0.25) is 5.91 Å². The van der Waals surface area contributed by atoms with E-state index in [4.69, 9.17) is 10.5 Å². The number of hydrogen-bond donors (Lipinski definition) is 1. The van der Waals surface area contributed by atoms with Crippen LogP contribution in [0.25, 0.3) is 0 Å². The average Bonchev–Trinajstić information content (AvgIpc) is 3.02. The monoisotopic (exact) mass is 392 g/mol. The van der Waals surface area contributed by atoms with Crippen molar-refractivity contribution in [3.05, 3.63) is 58.4 Å². The lowest BCUT2D eigenvalue weighted by atomic mass is 10.2. The zero-order valence-corrected chi connectivity index (χ0v) is 15.0. The van der Waals surface area contributed by atoms with E-state index >= 15 is 0 Å². The minimum Gasteiger partial charge on any atom is -0.459 e. The summed E-state index contributed by atoms with van der Waals surface area (Å²) in [6.45, 7) is 0.232. The topological polar surface area (TPSA) is 108 Å². The van der Waals surface area contributed by atoms with E-state index in [-0.39, 0.29) is 36.7 Å². The number of esters is 1. The van der Waals surface area contributed by atoms with E-state index in [1.807, 2.05) is 0 Å². The molecule has 0 aliphatic carbocycles. The highest BCUT2D eigenvalue weighted by molar-refractivity contribution is 8.01. The largest absolute Gasteiger partial charge is 0.459 e. The second kappa shape index (κ2) is 8.21. The van der Waals surface area contributed by atoms with Gasteiger partial charge in [0, 0.05) is 19.3 Å². The minimum absolute atomic E-state index is 0.0212. The third-order valence-corrected chi connectivity index (χ3v) is 5.18. The van der Waals surface area contributed by atoms with Gasteiger partial charge in [-0.15, -0.1) is 11.8 Å². The molecule has 3 rings (SSSR count). The SMILES string of the molecule is Nc1nc(=O)n(CCN2C(=O)CSC2COC(=O)c2ccccc2)cc1F. The fourth-order valence-corrected chi connectivity index (χ4v) is 3.63. The van der Waals surface area contributed by atoms with E-state index in [2.05, 4.69) is 4.98 Å². The van der Waals surface area contributed by atoms with E-state index in [0.29, 0.717) is 5.56 Å². The number of hydrogen-bond acceptors (Lipinski definition) is 7. The molecular formula is C17H17FN4O4S. The zero-order chi connectivity index (χ0) is 19.4. The molecule has 2 aromatic rings. The number of nitrogens with two attached hydrogens (primary N) is 1. The zero-order valence-electron chi connectivity index (χ0n) is 14.2. The lowest BCUT2D eigenvalue weighted by Gasteiger charge is -2.23. The molecule has 27 heavy (non-hydrogen) atoms. The maximum atomic E-state index is 13.5. The van der Waals surface area contributed by atoms with Crippen LogP contribution in [0.5, 0.6) is 0 Å². The quantitative estimate of drug-likeness (QED) is 0.722. The van der Waals surface area contributed by atoms with Gasteiger partial charge >= 0.3 is 11.7 Å². The lowest BCUT2D eigenvalue weighted by Crippen LogP contribution is -2.39. The maximum absolute atomic E-state index is 13.5. The third kappa shape index (κ3) is 4.45. The lowest BCUT2D eigenvalue weighted by molar-refractivity contribution is -0.128. The van der Waals surface area contributed by atoms with Gasteiger partial charge in [-0.2, -0.15) is 4.98 Å². The number of nitrogen functional groups attached to an aromatic ring is 1. The molecule has 1 aromatic heterocycles. The van der Waals surface area contributed by atoms with E-state index < -0.39 is 23.3 Å². The number of halogens is 1. The summed E-state index contributed by atoms with van der Waals surface area (Å²) in [5.74, 6) is -1.63. The molecule has 1 aliphatic heterocycles. The second-order valence-corrected chi connectivity index (χ2v) is 6.93. The highest BCUT2D eigenvalue weighted by Crippen LogP contribution is 2.25. The molecule has 1 saturated heterocycles. The van der Waals surface area contributed by atoms with E-state index in [0.717, 1.165) is 10.8 Å². The molecule has 0 spiro atoms. The number of ether oxygens (including phenoxy) is 1. The number of aromatic nitrogens is 2. The first-order chi connectivity index (χ1) is 13.0. The Balaban J connectivity index is 1.60. The Morgan fingerprint density at radius 1 is 1.30 bits per heavy atom. The highest BCUT2D eigenvalue weighted by Gasteiger charge is 2.32. The van der Waals surface area contributed by atoms with Gasteiger partial charge in [0.1, 0.15) is 12.0 Å². The number of anilines is 1. The standard InChI is InChI=1S/C17H17FN4O4S/c18-12-8-21(17(25)20-15(12)19)6-7-22-13(23)10-27-14(22)9-26-16(24)11-4-2-1-3-5-11/h1-5,8,14H,6-7,9-10H2,(H2,19,20,25). The summed E-state index contributed by atoms with van der Waals surface area (Å²) in [7, 11) is 0. The van der Waals surface area contributed by atoms with Gasteiger partial charge in [0.15, 0.2) is 11.6 Å². The Morgan fingerprint density at radius 2 is 2.04 bits per heavy atom. The first-order valence-corrected chi connectivity index (χ1v) is 9.16. The number of carbonyl (C=O) groups is 2. The number of carbonyl (C=O) groups excluding carboxylic acids is 2. The number of benzene rings is 1. The van der Waals surface area contributed by atoms with Crippen LogP contribution in [0.1, 0.15) is 10.4 Å². The van der Waals surface area contributed by atoms with Crippen LogP contribution in [0.4, 0.5) is 10.2 Å². The van der Waals surface area contributed by atoms with Crippen LogP contribution in [0.3, 0.4) is 0 Å². The van der Waals surface area contributed by atoms with Crippen molar-refractivity contribution < 1.29 is 18.7 Å². The van der Waals surface area contributed by atoms with Gasteiger partial charge in [-0.05, 0) is 12.1 Å². The number of rotatable bonds is 6. The van der Waals surface area contributed by atoms with Crippen molar-refractivity contribution in [2.24, 2.45) is 0 Å². The fourth-order valence-electron chi connectivity index (χ4n) is 2.57. The molecule has 10 heteroatoms. The van der Waals surface area contributed by atoms with Gasteiger partial charge < -0.3 is 15.4 Å². The van der Waals surface area contributed by atoms with Crippen molar-refractivity contribution in [1.29, 1.82) is 0 Å². The summed E-state index contributed by atoms with van der Waals surface area (Å²) in [4.78, 5) is 40.8. The summed E-state index contributed by atoms with van der Waals surface area (Å²) >= 11 is 1.34. The van der Waals surface area contributed by atoms with Crippen molar-refractivity contribution >= 4 is 29.5 Å². The van der Waals surface area contributed by atoms with Crippen LogP contribution in [0.2, 0.25) is 0 Å². The van der Waals surface area contributed by atoms with E-state index in [1.165, 1.54) is 16.7 Å². The normalized spacial score (nSPS) is 16.6. The molecule has 1 aliphatic rings. The summed E-state index contributed by atoms with van der Waals surface area (Å²) in [5.41, 5.74) is 4.98. The molecule has 0 saturated carbocycles. The molecule has 1 amide bonds. The first kappa shape index (κ1) is 18.9. The van der Waals surface area contributed by atoms with Crippen LogP contribution in [0.15, 0.2) is 41.3 Å². The first-order valence-electron chi connectivity index (χ1n) is 8.11. The summed E-state index contributed by atoms with van der Waals surface area (Å²) in [5, 5.41) is -0.368. The molecule has 8 nitrogen and oxygen atoms in total. The molecule has 0 radical (unpaired) electrons. The van der Waals surface area contributed by atoms with Crippen molar-refractivity contribution in [3.8, 4) is 0 Å². The number of nitrogens with zero attached hydrogens (tertiary/aromatic N) is 3. The van der Waals surface area contributed by atoms with Crippen LogP contribution >= 0.6 is 11.8 Å². The molecule has 1 unspecified atom stereocenters. The molecule has 1 fully saturated rings. The molecule has 1 aromatic carbocycles. The Morgan fingerprint density at radius 3 is 2.78 bits per heavy atom. The van der Waals surface area contributed by atoms with Gasteiger partial charge in [0.25, 0.3) is 0 Å². The van der Waals surface area contributed by atoms with Gasteiger partial charge in [0.05, 0.1) is 11.3 Å². The van der Waals surface area contributed by atoms with Crippen molar-refractivity contribution in [2.75, 3.05) is 24.6 Å². The number of thioether (sulfide) groups is 1. The van der Waals surface area contributed by atoms with Crippen LogP contribution in [-0.2, 0) is 16.1 Å². The van der Waals surface area contributed by atoms with E-state index in [1.54, 1.807) is 30.3 Å². The van der Waals surface area contributed by atoms with Crippen molar-refractivity contribution in [3.63, 3.8) is 0 Å². The van der Waals surface area contributed by atoms with Crippen LogP contribution in [-0.4, -0.2) is 50.6 Å². The number of amides is 1. The summed E-state index contributed by atoms with van der Waals surface area (Å²) < 4.78 is 19.8. The molecular weight excluding hydrogens is 375 g/mol. The van der Waals surface area contributed by atoms with Crippen molar-refractivity contribution in [1.82, 2.24) is 14.5 Å². The summed E-state index contributed by atoms with van der Waals surface area (Å²) in [6, 6.07) is 8.54. The predicted octanol–water partition coefficient (Wildman–Crippen LogP) is 0.723. The maximum Gasteiger partial charge on any atom is 0.349 e. The van der Waals surface area contributed by atoms with Crippen molar-refractivity contribution in [2.45, 2.75) is 11.9 Å². The van der Waals surface area contributed by atoms with Gasteiger partial charge in [-0.1, -0.05) is 18.2 Å². The Labute approximate surface area is 158 Å². The smallest absolute Gasteiger partial charge is 0.349 e. The average molecular weight is 392 g/mol. The van der Waals surface area contributed by atoms with Crippen LogP contribution in [0, 0.1) is 5.82 Å². The molecule has 2 N–H and O–H groups in total. The third-order valence-electron chi connectivity index (χ3n) is 3.99. The Hall–Kier alpha value is -2.88. The Kier molecular flexibility index (Phi) is 5.75. The molecule has 142 valence electrons. The molecule has 2 heterocycles.